The van der Waals surface area contributed by atoms with Crippen LogP contribution in [0.3, 0.4) is 0 Å². The average Bonchev–Trinajstić information content (AvgIpc) is 3.02. The van der Waals surface area contributed by atoms with E-state index in [4.69, 9.17) is 16.3 Å². The Bertz CT molecular complexity index is 1380. The number of carbonyl (C=O) groups excluding carboxylic acids is 1. The molecule has 1 aromatic heterocycles. The van der Waals surface area contributed by atoms with E-state index in [2.05, 4.69) is 0 Å². The van der Waals surface area contributed by atoms with E-state index < -0.39 is 21.6 Å². The molecule has 0 radical (unpaired) electrons. The van der Waals surface area contributed by atoms with Gasteiger partial charge in [-0.3, -0.25) is 13.8 Å². The molecule has 0 unspecified atom stereocenters. The molecule has 3 rings (SSSR count). The summed E-state index contributed by atoms with van der Waals surface area (Å²) in [6, 6.07) is 12.7. The van der Waals surface area contributed by atoms with Crippen molar-refractivity contribution in [3.05, 3.63) is 87.3 Å². The molecule has 0 N–H and O–H groups in total. The van der Waals surface area contributed by atoms with Gasteiger partial charge in [-0.05, 0) is 44.2 Å². The first kappa shape index (κ1) is 24.3. The second kappa shape index (κ2) is 9.68. The number of rotatable bonds is 7. The number of hydrogen-bond donors (Lipinski definition) is 0. The summed E-state index contributed by atoms with van der Waals surface area (Å²) >= 11 is 6.20. The van der Waals surface area contributed by atoms with Crippen LogP contribution in [0.5, 0.6) is 0 Å². The van der Waals surface area contributed by atoms with Gasteiger partial charge in [-0.1, -0.05) is 42.0 Å². The molecular weight excluding hydrogens is 466 g/mol. The molecule has 0 fully saturated rings. The van der Waals surface area contributed by atoms with Crippen molar-refractivity contribution in [1.29, 1.82) is 0 Å². The summed E-state index contributed by atoms with van der Waals surface area (Å²) in [5.74, 6) is -0.689. The molecule has 10 heteroatoms. The van der Waals surface area contributed by atoms with Crippen LogP contribution < -0.4 is 9.86 Å². The third kappa shape index (κ3) is 4.60. The standard InChI is InChI=1S/C23H24ClN3O5S/c1-5-6-14-32-23(29)17-12-13-19(24)20(15-17)33(30,31)26(4)21-16(2)25(3)27(22(21)28)18-10-8-7-9-11-18/h5-13,15H,14H2,1-4H3/b6-5+. The summed E-state index contributed by atoms with van der Waals surface area (Å²) in [7, 11) is -1.33. The molecule has 33 heavy (non-hydrogen) atoms. The first-order chi connectivity index (χ1) is 15.6. The number of anilines is 1. The van der Waals surface area contributed by atoms with Crippen LogP contribution in [0, 0.1) is 6.92 Å². The minimum Gasteiger partial charge on any atom is -0.458 e. The normalized spacial score (nSPS) is 11.7. The molecule has 0 aliphatic carbocycles. The number of para-hydroxylation sites is 1. The highest BCUT2D eigenvalue weighted by molar-refractivity contribution is 7.93. The van der Waals surface area contributed by atoms with E-state index in [1.807, 2.05) is 6.07 Å². The summed E-state index contributed by atoms with van der Waals surface area (Å²) in [6.07, 6.45) is 3.37. The van der Waals surface area contributed by atoms with E-state index in [1.54, 1.807) is 62.0 Å². The average molecular weight is 490 g/mol. The summed E-state index contributed by atoms with van der Waals surface area (Å²) in [5.41, 5.74) is 0.521. The van der Waals surface area contributed by atoms with Crippen molar-refractivity contribution in [3.63, 3.8) is 0 Å². The zero-order chi connectivity index (χ0) is 24.3. The Hall–Kier alpha value is -3.30. The maximum Gasteiger partial charge on any atom is 0.338 e. The second-order valence-electron chi connectivity index (χ2n) is 7.20. The molecule has 8 nitrogen and oxygen atoms in total. The molecule has 0 aliphatic heterocycles. The minimum absolute atomic E-state index is 0.0292. The Morgan fingerprint density at radius 3 is 2.48 bits per heavy atom. The van der Waals surface area contributed by atoms with E-state index in [1.165, 1.54) is 23.9 Å². The number of nitrogens with zero attached hydrogens (tertiary/aromatic N) is 3. The van der Waals surface area contributed by atoms with Gasteiger partial charge in [0.15, 0.2) is 0 Å². The second-order valence-corrected chi connectivity index (χ2v) is 9.54. The summed E-state index contributed by atoms with van der Waals surface area (Å²) < 4.78 is 35.9. The molecule has 0 aliphatic rings. The molecule has 2 aromatic carbocycles. The van der Waals surface area contributed by atoms with Gasteiger partial charge >= 0.3 is 5.97 Å². The van der Waals surface area contributed by atoms with E-state index in [9.17, 15) is 18.0 Å². The molecule has 0 saturated heterocycles. The van der Waals surface area contributed by atoms with Crippen molar-refractivity contribution >= 4 is 33.3 Å². The van der Waals surface area contributed by atoms with E-state index in [0.29, 0.717) is 11.4 Å². The summed E-state index contributed by atoms with van der Waals surface area (Å²) in [4.78, 5) is 25.3. The predicted octanol–water partition coefficient (Wildman–Crippen LogP) is 3.70. The Morgan fingerprint density at radius 2 is 1.85 bits per heavy atom. The van der Waals surface area contributed by atoms with Crippen LogP contribution in [0.25, 0.3) is 5.69 Å². The lowest BCUT2D eigenvalue weighted by molar-refractivity contribution is 0.0549. The highest BCUT2D eigenvalue weighted by atomic mass is 35.5. The monoisotopic (exact) mass is 489 g/mol. The van der Waals surface area contributed by atoms with Crippen LogP contribution in [0.15, 0.2) is 70.4 Å². The first-order valence-electron chi connectivity index (χ1n) is 10.0. The van der Waals surface area contributed by atoms with Gasteiger partial charge in [0.2, 0.25) is 0 Å². The third-order valence-electron chi connectivity index (χ3n) is 5.19. The van der Waals surface area contributed by atoms with Crippen LogP contribution >= 0.6 is 11.6 Å². The van der Waals surface area contributed by atoms with Crippen LogP contribution in [-0.4, -0.2) is 37.4 Å². The number of ether oxygens (including phenoxy) is 1. The number of sulfonamides is 1. The van der Waals surface area contributed by atoms with Crippen LogP contribution in [-0.2, 0) is 21.8 Å². The molecule has 0 bridgehead atoms. The molecule has 3 aromatic rings. The Labute approximate surface area is 197 Å². The highest BCUT2D eigenvalue weighted by Gasteiger charge is 2.31. The fourth-order valence-corrected chi connectivity index (χ4v) is 5.06. The Kier molecular flexibility index (Phi) is 7.14. The first-order valence-corrected chi connectivity index (χ1v) is 11.8. The molecule has 1 heterocycles. The number of hydrogen-bond acceptors (Lipinski definition) is 5. The van der Waals surface area contributed by atoms with E-state index >= 15 is 0 Å². The zero-order valence-electron chi connectivity index (χ0n) is 18.6. The van der Waals surface area contributed by atoms with Gasteiger partial charge < -0.3 is 4.74 Å². The Balaban J connectivity index is 2.07. The van der Waals surface area contributed by atoms with E-state index in [-0.39, 0.29) is 27.8 Å². The topological polar surface area (TPSA) is 90.6 Å². The number of esters is 1. The van der Waals surface area contributed by atoms with Crippen molar-refractivity contribution in [2.75, 3.05) is 18.0 Å². The fraction of sp³-hybridized carbons (Fsp3) is 0.217. The number of aromatic nitrogens is 2. The quantitative estimate of drug-likeness (QED) is 0.373. The lowest BCUT2D eigenvalue weighted by Gasteiger charge is -2.19. The highest BCUT2D eigenvalue weighted by Crippen LogP contribution is 2.29. The van der Waals surface area contributed by atoms with Crippen molar-refractivity contribution in [2.45, 2.75) is 18.7 Å². The van der Waals surface area contributed by atoms with Crippen LogP contribution in [0.1, 0.15) is 23.0 Å². The molecule has 0 atom stereocenters. The maximum atomic E-state index is 13.5. The number of allylic oxidation sites excluding steroid dienone is 1. The van der Waals surface area contributed by atoms with Crippen LogP contribution in [0.4, 0.5) is 5.69 Å². The van der Waals surface area contributed by atoms with E-state index in [0.717, 1.165) is 10.4 Å². The number of carbonyl (C=O) groups is 1. The van der Waals surface area contributed by atoms with Gasteiger partial charge in [0.25, 0.3) is 15.6 Å². The van der Waals surface area contributed by atoms with Gasteiger partial charge in [0, 0.05) is 14.1 Å². The number of benzene rings is 2. The molecule has 0 spiro atoms. The van der Waals surface area contributed by atoms with Gasteiger partial charge in [-0.15, -0.1) is 0 Å². The summed E-state index contributed by atoms with van der Waals surface area (Å²) in [6.45, 7) is 3.50. The van der Waals surface area contributed by atoms with Gasteiger partial charge in [-0.2, -0.15) is 0 Å². The minimum atomic E-state index is -4.28. The SMILES string of the molecule is C/C=C/COC(=O)c1ccc(Cl)c(S(=O)(=O)N(C)c2c(C)n(C)n(-c3ccccc3)c2=O)c1. The molecule has 0 amide bonds. The smallest absolute Gasteiger partial charge is 0.338 e. The third-order valence-corrected chi connectivity index (χ3v) is 7.43. The van der Waals surface area contributed by atoms with Crippen molar-refractivity contribution in [3.8, 4) is 5.69 Å². The predicted molar refractivity (Wildman–Crippen MR) is 128 cm³/mol. The molecule has 174 valence electrons. The maximum absolute atomic E-state index is 13.5. The van der Waals surface area contributed by atoms with Gasteiger partial charge in [-0.25, -0.2) is 17.9 Å². The van der Waals surface area contributed by atoms with Crippen molar-refractivity contribution in [2.24, 2.45) is 7.05 Å². The van der Waals surface area contributed by atoms with Crippen LogP contribution in [0.2, 0.25) is 5.02 Å². The lowest BCUT2D eigenvalue weighted by atomic mass is 10.2. The van der Waals surface area contributed by atoms with Gasteiger partial charge in [0.1, 0.15) is 17.2 Å². The van der Waals surface area contributed by atoms with Gasteiger partial charge in [0.05, 0.1) is 22.0 Å². The van der Waals surface area contributed by atoms with Crippen molar-refractivity contribution < 1.29 is 17.9 Å². The largest absolute Gasteiger partial charge is 0.458 e. The zero-order valence-corrected chi connectivity index (χ0v) is 20.2. The lowest BCUT2D eigenvalue weighted by Crippen LogP contribution is -2.32. The molecule has 0 saturated carbocycles. The number of halogens is 1. The van der Waals surface area contributed by atoms with Crippen molar-refractivity contribution in [1.82, 2.24) is 9.36 Å². The molecular formula is C23H24ClN3O5S. The fourth-order valence-electron chi connectivity index (χ4n) is 3.32. The Morgan fingerprint density at radius 1 is 1.18 bits per heavy atom. The summed E-state index contributed by atoms with van der Waals surface area (Å²) in [5, 5.41) is -0.0798.